The average molecular weight is 401 g/mol. The van der Waals surface area contributed by atoms with Gasteiger partial charge in [0.05, 0.1) is 5.69 Å². The first-order valence-electron chi connectivity index (χ1n) is 8.36. The minimum absolute atomic E-state index is 0.248. The minimum atomic E-state index is -1.19. The van der Waals surface area contributed by atoms with E-state index >= 15 is 0 Å². The molecule has 1 amide bonds. The molecule has 136 valence electrons. The van der Waals surface area contributed by atoms with E-state index in [1.54, 1.807) is 48.5 Å². The lowest BCUT2D eigenvalue weighted by Crippen LogP contribution is -2.44. The average Bonchev–Trinajstić information content (AvgIpc) is 2.88. The third kappa shape index (κ3) is 3.27. The molecule has 1 heterocycles. The van der Waals surface area contributed by atoms with Crippen LogP contribution < -0.4 is 10.6 Å². The number of para-hydroxylation sites is 1. The third-order valence-corrected chi connectivity index (χ3v) is 5.13. The maximum atomic E-state index is 14.3. The third-order valence-electron chi connectivity index (χ3n) is 4.66. The van der Waals surface area contributed by atoms with Gasteiger partial charge in [-0.3, -0.25) is 4.79 Å². The van der Waals surface area contributed by atoms with Gasteiger partial charge in [-0.25, -0.2) is 4.39 Å². The highest BCUT2D eigenvalue weighted by atomic mass is 35.5. The highest BCUT2D eigenvalue weighted by molar-refractivity contribution is 6.31. The molecule has 4 rings (SSSR count). The Labute approximate surface area is 166 Å². The molecule has 0 spiro atoms. The van der Waals surface area contributed by atoms with Crippen molar-refractivity contribution < 1.29 is 9.18 Å². The van der Waals surface area contributed by atoms with E-state index in [2.05, 4.69) is 10.6 Å². The van der Waals surface area contributed by atoms with Crippen LogP contribution >= 0.6 is 23.2 Å². The number of benzene rings is 3. The van der Waals surface area contributed by atoms with Crippen molar-refractivity contribution in [2.45, 2.75) is 12.0 Å². The standard InChI is InChI=1S/C21H15Cl2FN2O/c22-14-5-3-4-13(10-14)12-21(26-18-7-2-1-6-17(18)24)16-9-8-15(23)11-19(16)25-20(21)27/h1-11,26H,12H2,(H,25,27). The molecule has 27 heavy (non-hydrogen) atoms. The molecule has 6 heteroatoms. The molecule has 3 aromatic carbocycles. The van der Waals surface area contributed by atoms with E-state index in [-0.39, 0.29) is 11.6 Å². The second kappa shape index (κ2) is 6.87. The zero-order valence-electron chi connectivity index (χ0n) is 14.1. The van der Waals surface area contributed by atoms with Crippen LogP contribution in [0, 0.1) is 5.82 Å². The summed E-state index contributed by atoms with van der Waals surface area (Å²) in [7, 11) is 0. The molecule has 1 aliphatic rings. The Kier molecular flexibility index (Phi) is 4.54. The zero-order chi connectivity index (χ0) is 19.0. The SMILES string of the molecule is O=C1Nc2cc(Cl)ccc2C1(Cc1cccc(Cl)c1)Nc1ccccc1F. The van der Waals surface area contributed by atoms with Gasteiger partial charge < -0.3 is 10.6 Å². The van der Waals surface area contributed by atoms with Gasteiger partial charge in [0, 0.05) is 27.7 Å². The van der Waals surface area contributed by atoms with Crippen LogP contribution in [0.15, 0.2) is 66.7 Å². The predicted molar refractivity (Wildman–Crippen MR) is 107 cm³/mol. The van der Waals surface area contributed by atoms with Crippen molar-refractivity contribution in [2.75, 3.05) is 10.6 Å². The predicted octanol–water partition coefficient (Wildman–Crippen LogP) is 5.63. The van der Waals surface area contributed by atoms with Gasteiger partial charge in [0.25, 0.3) is 5.91 Å². The molecule has 2 N–H and O–H groups in total. The van der Waals surface area contributed by atoms with Crippen LogP contribution in [0.3, 0.4) is 0 Å². The van der Waals surface area contributed by atoms with Crippen molar-refractivity contribution in [2.24, 2.45) is 0 Å². The molecule has 3 nitrogen and oxygen atoms in total. The van der Waals surface area contributed by atoms with E-state index in [1.165, 1.54) is 6.07 Å². The number of rotatable bonds is 4. The summed E-state index contributed by atoms with van der Waals surface area (Å²) >= 11 is 12.2. The lowest BCUT2D eigenvalue weighted by molar-refractivity contribution is -0.119. The Hall–Kier alpha value is -2.56. The van der Waals surface area contributed by atoms with Gasteiger partial charge in [-0.05, 0) is 42.0 Å². The molecule has 3 aromatic rings. The molecular formula is C21H15Cl2FN2O. The maximum Gasteiger partial charge on any atom is 0.255 e. The summed E-state index contributed by atoms with van der Waals surface area (Å²) in [5.41, 5.74) is 1.23. The van der Waals surface area contributed by atoms with Gasteiger partial charge in [0.1, 0.15) is 11.4 Å². The molecule has 0 aromatic heterocycles. The molecule has 1 atom stereocenters. The van der Waals surface area contributed by atoms with Crippen LogP contribution in [-0.4, -0.2) is 5.91 Å². The number of amides is 1. The minimum Gasteiger partial charge on any atom is -0.365 e. The monoisotopic (exact) mass is 400 g/mol. The topological polar surface area (TPSA) is 41.1 Å². The van der Waals surface area contributed by atoms with Crippen LogP contribution in [0.2, 0.25) is 10.0 Å². The van der Waals surface area contributed by atoms with Gasteiger partial charge in [0.15, 0.2) is 0 Å². The summed E-state index contributed by atoms with van der Waals surface area (Å²) in [6.45, 7) is 0. The first-order valence-corrected chi connectivity index (χ1v) is 9.12. The molecule has 0 aliphatic carbocycles. The quantitative estimate of drug-likeness (QED) is 0.595. The smallest absolute Gasteiger partial charge is 0.255 e. The number of hydrogen-bond donors (Lipinski definition) is 2. The van der Waals surface area contributed by atoms with Crippen LogP contribution in [0.1, 0.15) is 11.1 Å². The van der Waals surface area contributed by atoms with E-state index < -0.39 is 11.4 Å². The Morgan fingerprint density at radius 2 is 1.74 bits per heavy atom. The van der Waals surface area contributed by atoms with E-state index in [9.17, 15) is 9.18 Å². The first kappa shape index (κ1) is 17.8. The lowest BCUT2D eigenvalue weighted by atomic mass is 9.84. The van der Waals surface area contributed by atoms with Crippen molar-refractivity contribution >= 4 is 40.5 Å². The zero-order valence-corrected chi connectivity index (χ0v) is 15.6. The van der Waals surface area contributed by atoms with Crippen molar-refractivity contribution in [3.63, 3.8) is 0 Å². The number of hydrogen-bond acceptors (Lipinski definition) is 2. The Bertz CT molecular complexity index is 1040. The molecule has 1 aliphatic heterocycles. The second-order valence-electron chi connectivity index (χ2n) is 6.46. The summed E-state index contributed by atoms with van der Waals surface area (Å²) < 4.78 is 14.3. The maximum absolute atomic E-state index is 14.3. The van der Waals surface area contributed by atoms with E-state index in [4.69, 9.17) is 23.2 Å². The molecule has 0 bridgehead atoms. The Morgan fingerprint density at radius 1 is 0.963 bits per heavy atom. The second-order valence-corrected chi connectivity index (χ2v) is 7.33. The molecular weight excluding hydrogens is 386 g/mol. The van der Waals surface area contributed by atoms with E-state index in [0.29, 0.717) is 27.7 Å². The van der Waals surface area contributed by atoms with Crippen molar-refractivity contribution in [3.8, 4) is 0 Å². The summed E-state index contributed by atoms with van der Waals surface area (Å²) in [5.74, 6) is -0.707. The molecule has 1 unspecified atom stereocenters. The Balaban J connectivity index is 1.86. The summed E-state index contributed by atoms with van der Waals surface area (Å²) in [4.78, 5) is 13.1. The number of carbonyl (C=O) groups is 1. The number of carbonyl (C=O) groups excluding carboxylic acids is 1. The highest BCUT2D eigenvalue weighted by Gasteiger charge is 2.47. The first-order chi connectivity index (χ1) is 13.0. The van der Waals surface area contributed by atoms with Gasteiger partial charge in [-0.15, -0.1) is 0 Å². The van der Waals surface area contributed by atoms with E-state index in [0.717, 1.165) is 5.56 Å². The van der Waals surface area contributed by atoms with Gasteiger partial charge in [0.2, 0.25) is 0 Å². The molecule has 0 radical (unpaired) electrons. The number of anilines is 2. The molecule has 0 saturated heterocycles. The van der Waals surface area contributed by atoms with E-state index in [1.807, 2.05) is 12.1 Å². The highest BCUT2D eigenvalue weighted by Crippen LogP contribution is 2.42. The largest absolute Gasteiger partial charge is 0.365 e. The lowest BCUT2D eigenvalue weighted by Gasteiger charge is -2.30. The van der Waals surface area contributed by atoms with Gasteiger partial charge in [-0.2, -0.15) is 0 Å². The molecule has 0 fully saturated rings. The fourth-order valence-corrected chi connectivity index (χ4v) is 3.82. The van der Waals surface area contributed by atoms with Gasteiger partial charge in [-0.1, -0.05) is 53.5 Å². The fourth-order valence-electron chi connectivity index (χ4n) is 3.43. The van der Waals surface area contributed by atoms with Gasteiger partial charge >= 0.3 is 0 Å². The molecule has 0 saturated carbocycles. The number of fused-ring (bicyclic) bond motifs is 1. The van der Waals surface area contributed by atoms with Crippen LogP contribution in [0.25, 0.3) is 0 Å². The van der Waals surface area contributed by atoms with Crippen LogP contribution in [0.5, 0.6) is 0 Å². The number of halogens is 3. The number of nitrogens with one attached hydrogen (secondary N) is 2. The van der Waals surface area contributed by atoms with Crippen molar-refractivity contribution in [3.05, 3.63) is 93.7 Å². The van der Waals surface area contributed by atoms with Crippen molar-refractivity contribution in [1.29, 1.82) is 0 Å². The van der Waals surface area contributed by atoms with Crippen LogP contribution in [0.4, 0.5) is 15.8 Å². The fraction of sp³-hybridized carbons (Fsp3) is 0.0952. The summed E-state index contributed by atoms with van der Waals surface area (Å²) in [6.07, 6.45) is 0.294. The summed E-state index contributed by atoms with van der Waals surface area (Å²) in [6, 6.07) is 18.8. The van der Waals surface area contributed by atoms with Crippen LogP contribution in [-0.2, 0) is 16.8 Å². The normalized spacial score (nSPS) is 18.1. The Morgan fingerprint density at radius 3 is 2.52 bits per heavy atom. The van der Waals surface area contributed by atoms with Crippen molar-refractivity contribution in [1.82, 2.24) is 0 Å². The summed E-state index contributed by atoms with van der Waals surface area (Å²) in [5, 5.41) is 7.09.